The average molecular weight is 654 g/mol. The van der Waals surface area contributed by atoms with Gasteiger partial charge in [-0.2, -0.15) is 0 Å². The highest BCUT2D eigenvalue weighted by molar-refractivity contribution is 8.00. The highest BCUT2D eigenvalue weighted by Gasteiger charge is 2.54. The molecule has 0 radical (unpaired) electrons. The number of thiocarbonyl (C=S) groups is 1. The summed E-state index contributed by atoms with van der Waals surface area (Å²) in [4.78, 5) is 30.7. The lowest BCUT2D eigenvalue weighted by molar-refractivity contribution is -0.145. The average Bonchev–Trinajstić information content (AvgIpc) is 3.80. The van der Waals surface area contributed by atoms with E-state index in [1.165, 1.54) is 11.3 Å². The van der Waals surface area contributed by atoms with Crippen molar-refractivity contribution < 1.29 is 14.3 Å². The molecule has 3 aromatic carbocycles. The fourth-order valence-electron chi connectivity index (χ4n) is 5.90. The van der Waals surface area contributed by atoms with E-state index < -0.39 is 12.1 Å². The predicted octanol–water partition coefficient (Wildman–Crippen LogP) is 5.63. The number of fused-ring (bicyclic) bond motifs is 1. The molecular formula is C34H31N5O3S3. The summed E-state index contributed by atoms with van der Waals surface area (Å²) in [5.41, 5.74) is 4.15. The third-order valence-electron chi connectivity index (χ3n) is 8.16. The summed E-state index contributed by atoms with van der Waals surface area (Å²) in [6.45, 7) is 1.92. The maximum atomic E-state index is 13.8. The molecule has 3 aliphatic rings. The standard InChI is InChI=1S/C34H31N5O3S3/c40-26(20-22-12-4-1-5-13-22)35-27-31(41)39-28(25(21-44-32(27)39)30-36-37-34(45-30)38-18-10-11-19-38)33(43)42-29(23-14-6-2-7-15-23)24-16-8-3-9-17-24/h1-9,12-17,27,29,32H,10-11,18-21H2,(H,35,40)/t27-,32-/m1/s1. The zero-order chi connectivity index (χ0) is 30.8. The molecule has 11 heteroatoms. The Morgan fingerprint density at radius 2 is 1.56 bits per heavy atom. The zero-order valence-corrected chi connectivity index (χ0v) is 26.8. The smallest absolute Gasteiger partial charge is 0.253 e. The first-order valence-electron chi connectivity index (χ1n) is 15.0. The molecule has 7 rings (SSSR count). The van der Waals surface area contributed by atoms with Gasteiger partial charge in [-0.3, -0.25) is 14.5 Å². The molecule has 1 N–H and O–H groups in total. The van der Waals surface area contributed by atoms with Gasteiger partial charge in [-0.15, -0.1) is 22.0 Å². The molecule has 0 saturated carbocycles. The number of ether oxygens (including phenoxy) is 1. The summed E-state index contributed by atoms with van der Waals surface area (Å²) in [6, 6.07) is 28.7. The van der Waals surface area contributed by atoms with E-state index in [0.717, 1.165) is 58.3 Å². The molecule has 2 atom stereocenters. The van der Waals surface area contributed by atoms with Crippen LogP contribution >= 0.6 is 35.3 Å². The summed E-state index contributed by atoms with van der Waals surface area (Å²) < 4.78 is 6.65. The number of carbonyl (C=O) groups is 2. The van der Waals surface area contributed by atoms with Crippen LogP contribution in [-0.2, 0) is 20.7 Å². The number of benzene rings is 3. The number of hydrogen-bond donors (Lipinski definition) is 1. The van der Waals surface area contributed by atoms with Gasteiger partial charge in [0, 0.05) is 24.4 Å². The molecule has 4 heterocycles. The van der Waals surface area contributed by atoms with Crippen molar-refractivity contribution in [2.75, 3.05) is 23.7 Å². The molecular weight excluding hydrogens is 623 g/mol. The Morgan fingerprint density at radius 3 is 2.20 bits per heavy atom. The van der Waals surface area contributed by atoms with Crippen LogP contribution in [0, 0.1) is 0 Å². The minimum Gasteiger partial charge on any atom is -0.469 e. The van der Waals surface area contributed by atoms with Crippen LogP contribution in [0.3, 0.4) is 0 Å². The molecule has 45 heavy (non-hydrogen) atoms. The van der Waals surface area contributed by atoms with E-state index in [1.54, 1.807) is 16.7 Å². The van der Waals surface area contributed by atoms with Crippen LogP contribution in [0.4, 0.5) is 5.13 Å². The Morgan fingerprint density at radius 1 is 0.933 bits per heavy atom. The van der Waals surface area contributed by atoms with Gasteiger partial charge in [-0.05, 0) is 41.7 Å². The van der Waals surface area contributed by atoms with Gasteiger partial charge >= 0.3 is 0 Å². The minimum absolute atomic E-state index is 0.192. The summed E-state index contributed by atoms with van der Waals surface area (Å²) in [5.74, 6) is 0.142. The topological polar surface area (TPSA) is 87.7 Å². The monoisotopic (exact) mass is 653 g/mol. The molecule has 0 unspecified atom stereocenters. The van der Waals surface area contributed by atoms with Gasteiger partial charge in [0.05, 0.1) is 6.42 Å². The lowest BCUT2D eigenvalue weighted by atomic mass is 10.0. The number of thioether (sulfide) groups is 1. The van der Waals surface area contributed by atoms with Crippen molar-refractivity contribution in [1.82, 2.24) is 20.4 Å². The van der Waals surface area contributed by atoms with Gasteiger partial charge in [-0.25, -0.2) is 0 Å². The van der Waals surface area contributed by atoms with Gasteiger partial charge in [0.25, 0.3) is 5.91 Å². The molecule has 0 bridgehead atoms. The second-order valence-electron chi connectivity index (χ2n) is 11.1. The third kappa shape index (κ3) is 6.12. The second kappa shape index (κ2) is 13.1. The molecule has 1 aromatic heterocycles. The van der Waals surface area contributed by atoms with Crippen molar-refractivity contribution in [3.05, 3.63) is 118 Å². The fraction of sp³-hybridized carbons (Fsp3) is 0.265. The van der Waals surface area contributed by atoms with E-state index in [0.29, 0.717) is 11.4 Å². The number of nitrogens with one attached hydrogen (secondary N) is 1. The van der Waals surface area contributed by atoms with Crippen molar-refractivity contribution in [1.29, 1.82) is 0 Å². The summed E-state index contributed by atoms with van der Waals surface area (Å²) in [6.07, 6.45) is 2.00. The Kier molecular flexibility index (Phi) is 8.64. The lowest BCUT2D eigenvalue weighted by Gasteiger charge is -2.50. The summed E-state index contributed by atoms with van der Waals surface area (Å²) >= 11 is 9.16. The molecule has 8 nitrogen and oxygen atoms in total. The first-order chi connectivity index (χ1) is 22.1. The van der Waals surface area contributed by atoms with Crippen molar-refractivity contribution in [3.8, 4) is 0 Å². The minimum atomic E-state index is -0.654. The second-order valence-corrected chi connectivity index (χ2v) is 13.6. The normalized spacial score (nSPS) is 19.4. The highest BCUT2D eigenvalue weighted by atomic mass is 32.2. The molecule has 2 fully saturated rings. The Bertz CT molecular complexity index is 1690. The van der Waals surface area contributed by atoms with E-state index in [2.05, 4.69) is 20.4 Å². The van der Waals surface area contributed by atoms with Gasteiger partial charge < -0.3 is 15.0 Å². The van der Waals surface area contributed by atoms with E-state index in [-0.39, 0.29) is 28.7 Å². The Hall–Kier alpha value is -4.06. The number of amides is 2. The van der Waals surface area contributed by atoms with Gasteiger partial charge in [0.1, 0.15) is 28.2 Å². The molecule has 2 amide bonds. The van der Waals surface area contributed by atoms with Crippen LogP contribution in [0.2, 0.25) is 0 Å². The SMILES string of the molecule is O=C(Cc1ccccc1)N[C@@H]1C(=O)N2C(C(=S)OC(c3ccccc3)c3ccccc3)=C(c3nnc(N4CCCC4)s3)CS[C@H]12. The largest absolute Gasteiger partial charge is 0.469 e. The maximum Gasteiger partial charge on any atom is 0.253 e. The van der Waals surface area contributed by atoms with Crippen molar-refractivity contribution >= 4 is 62.9 Å². The number of carbonyl (C=O) groups excluding carboxylic acids is 2. The molecule has 2 saturated heterocycles. The van der Waals surface area contributed by atoms with Gasteiger partial charge in [0.2, 0.25) is 16.1 Å². The first kappa shape index (κ1) is 29.6. The highest BCUT2D eigenvalue weighted by Crippen LogP contribution is 2.45. The van der Waals surface area contributed by atoms with Gasteiger partial charge in [-0.1, -0.05) is 102 Å². The molecule has 0 spiro atoms. The van der Waals surface area contributed by atoms with Crippen LogP contribution < -0.4 is 10.2 Å². The predicted molar refractivity (Wildman–Crippen MR) is 182 cm³/mol. The van der Waals surface area contributed by atoms with E-state index in [9.17, 15) is 9.59 Å². The van der Waals surface area contributed by atoms with E-state index in [4.69, 9.17) is 17.0 Å². The Balaban J connectivity index is 1.20. The summed E-state index contributed by atoms with van der Waals surface area (Å²) in [7, 11) is 0. The van der Waals surface area contributed by atoms with Crippen LogP contribution in [-0.4, -0.2) is 62.2 Å². The number of rotatable bonds is 9. The molecule has 0 aliphatic carbocycles. The molecule has 3 aliphatic heterocycles. The number of β-lactam (4-membered cyclic amide) rings is 1. The number of anilines is 1. The number of nitrogens with zero attached hydrogens (tertiary/aromatic N) is 4. The van der Waals surface area contributed by atoms with Crippen LogP contribution in [0.5, 0.6) is 0 Å². The zero-order valence-electron chi connectivity index (χ0n) is 24.4. The molecule has 4 aromatic rings. The van der Waals surface area contributed by atoms with Crippen LogP contribution in [0.1, 0.15) is 40.6 Å². The van der Waals surface area contributed by atoms with Crippen molar-refractivity contribution in [3.63, 3.8) is 0 Å². The van der Waals surface area contributed by atoms with Gasteiger partial charge in [0.15, 0.2) is 0 Å². The van der Waals surface area contributed by atoms with Crippen molar-refractivity contribution in [2.24, 2.45) is 0 Å². The number of hydrogen-bond acceptors (Lipinski definition) is 9. The third-order valence-corrected chi connectivity index (χ3v) is 10.8. The lowest BCUT2D eigenvalue weighted by Crippen LogP contribution is -2.70. The fourth-order valence-corrected chi connectivity index (χ4v) is 8.59. The van der Waals surface area contributed by atoms with E-state index in [1.807, 2.05) is 91.0 Å². The first-order valence-corrected chi connectivity index (χ1v) is 17.2. The van der Waals surface area contributed by atoms with Crippen LogP contribution in [0.15, 0.2) is 96.7 Å². The number of aromatic nitrogens is 2. The Labute approximate surface area is 275 Å². The molecule has 228 valence electrons. The maximum absolute atomic E-state index is 13.8. The van der Waals surface area contributed by atoms with E-state index >= 15 is 0 Å². The quantitative estimate of drug-likeness (QED) is 0.184. The van der Waals surface area contributed by atoms with Crippen molar-refractivity contribution in [2.45, 2.75) is 36.8 Å². The summed E-state index contributed by atoms with van der Waals surface area (Å²) in [5, 5.41) is 13.6. The van der Waals surface area contributed by atoms with Crippen LogP contribution in [0.25, 0.3) is 5.57 Å².